The summed E-state index contributed by atoms with van der Waals surface area (Å²) in [5.74, 6) is 2.27. The van der Waals surface area contributed by atoms with Crippen LogP contribution in [-0.2, 0) is 10.0 Å². The van der Waals surface area contributed by atoms with Crippen molar-refractivity contribution in [2.75, 3.05) is 31.4 Å². The molecule has 1 aliphatic heterocycles. The van der Waals surface area contributed by atoms with Crippen molar-refractivity contribution >= 4 is 21.7 Å². The van der Waals surface area contributed by atoms with Gasteiger partial charge in [0.15, 0.2) is 0 Å². The number of sulfonamides is 1. The average Bonchev–Trinajstić information content (AvgIpc) is 2.92. The monoisotopic (exact) mass is 339 g/mol. The van der Waals surface area contributed by atoms with Gasteiger partial charge in [0.05, 0.1) is 11.3 Å². The Bertz CT molecular complexity index is 690. The van der Waals surface area contributed by atoms with E-state index in [9.17, 15) is 8.42 Å². The second-order valence-corrected chi connectivity index (χ2v) is 8.30. The highest BCUT2D eigenvalue weighted by molar-refractivity contribution is 7.89. The van der Waals surface area contributed by atoms with Gasteiger partial charge in [-0.05, 0) is 25.3 Å². The first kappa shape index (κ1) is 16.3. The number of aromatic amines is 1. The number of rotatable bonds is 5. The van der Waals surface area contributed by atoms with Crippen LogP contribution in [0.5, 0.6) is 0 Å². The van der Waals surface area contributed by atoms with E-state index >= 15 is 0 Å². The van der Waals surface area contributed by atoms with Crippen LogP contribution in [-0.4, -0.2) is 62.7 Å². The van der Waals surface area contributed by atoms with Gasteiger partial charge in [-0.15, -0.1) is 0 Å². The van der Waals surface area contributed by atoms with E-state index in [1.807, 2.05) is 33.3 Å². The number of amidine groups is 1. The summed E-state index contributed by atoms with van der Waals surface area (Å²) in [5, 5.41) is 0. The van der Waals surface area contributed by atoms with Crippen molar-refractivity contribution in [3.05, 3.63) is 17.8 Å². The van der Waals surface area contributed by atoms with Crippen LogP contribution in [0.15, 0.2) is 17.3 Å². The second kappa shape index (κ2) is 6.16. The highest BCUT2D eigenvalue weighted by Crippen LogP contribution is 2.30. The summed E-state index contributed by atoms with van der Waals surface area (Å²) in [6.07, 6.45) is 4.23. The van der Waals surface area contributed by atoms with Gasteiger partial charge in [-0.1, -0.05) is 6.92 Å². The molecule has 2 aliphatic rings. The number of H-pyrrole nitrogens is 1. The summed E-state index contributed by atoms with van der Waals surface area (Å²) in [6, 6.07) is 2.42. The zero-order chi connectivity index (χ0) is 16.6. The normalized spacial score (nSPS) is 24.0. The van der Waals surface area contributed by atoms with Gasteiger partial charge < -0.3 is 14.8 Å². The SMILES string of the molecule is CCCS(=O)(=O)NC1CC(N(C)C2=NCN(C)c3[nH]ccc32)C1. The molecule has 0 bridgehead atoms. The first-order valence-corrected chi connectivity index (χ1v) is 9.72. The molecule has 1 saturated carbocycles. The maximum atomic E-state index is 11.8. The Balaban J connectivity index is 1.61. The number of hydrogen-bond acceptors (Lipinski definition) is 5. The molecule has 1 aromatic heterocycles. The minimum atomic E-state index is -3.12. The molecule has 1 fully saturated rings. The number of fused-ring (bicyclic) bond motifs is 1. The van der Waals surface area contributed by atoms with Gasteiger partial charge in [0.1, 0.15) is 18.3 Å². The Kier molecular flexibility index (Phi) is 4.37. The van der Waals surface area contributed by atoms with Crippen molar-refractivity contribution in [1.82, 2.24) is 14.6 Å². The van der Waals surface area contributed by atoms with Gasteiger partial charge >= 0.3 is 0 Å². The summed E-state index contributed by atoms with van der Waals surface area (Å²) < 4.78 is 26.4. The molecular weight excluding hydrogens is 314 g/mol. The number of hydrogen-bond donors (Lipinski definition) is 2. The third kappa shape index (κ3) is 3.23. The molecule has 1 aliphatic carbocycles. The summed E-state index contributed by atoms with van der Waals surface area (Å²) in [6.45, 7) is 2.51. The lowest BCUT2D eigenvalue weighted by Gasteiger charge is -2.43. The molecule has 8 heteroatoms. The summed E-state index contributed by atoms with van der Waals surface area (Å²) in [4.78, 5) is 12.2. The third-order valence-corrected chi connectivity index (χ3v) is 6.23. The van der Waals surface area contributed by atoms with Crippen molar-refractivity contribution in [1.29, 1.82) is 0 Å². The Hall–Kier alpha value is -1.54. The maximum Gasteiger partial charge on any atom is 0.211 e. The quantitative estimate of drug-likeness (QED) is 0.837. The van der Waals surface area contributed by atoms with Gasteiger partial charge in [-0.2, -0.15) is 0 Å². The summed E-state index contributed by atoms with van der Waals surface area (Å²) >= 11 is 0. The maximum absolute atomic E-state index is 11.8. The molecule has 1 aromatic rings. The predicted octanol–water partition coefficient (Wildman–Crippen LogP) is 0.961. The van der Waals surface area contributed by atoms with E-state index in [0.717, 1.165) is 30.1 Å². The lowest BCUT2D eigenvalue weighted by Crippen LogP contribution is -2.55. The lowest BCUT2D eigenvalue weighted by atomic mass is 9.86. The van der Waals surface area contributed by atoms with E-state index in [4.69, 9.17) is 0 Å². The number of aromatic nitrogens is 1. The van der Waals surface area contributed by atoms with Crippen molar-refractivity contribution in [3.63, 3.8) is 0 Å². The number of nitrogens with one attached hydrogen (secondary N) is 2. The molecule has 2 N–H and O–H groups in total. The molecule has 3 rings (SSSR count). The molecule has 0 atom stereocenters. The van der Waals surface area contributed by atoms with E-state index in [1.54, 1.807) is 0 Å². The Morgan fingerprint density at radius 2 is 2.22 bits per heavy atom. The Morgan fingerprint density at radius 1 is 1.48 bits per heavy atom. The molecule has 0 unspecified atom stereocenters. The smallest absolute Gasteiger partial charge is 0.211 e. The van der Waals surface area contributed by atoms with Gasteiger partial charge in [-0.3, -0.25) is 0 Å². The lowest BCUT2D eigenvalue weighted by molar-refractivity contribution is 0.197. The highest BCUT2D eigenvalue weighted by atomic mass is 32.2. The zero-order valence-electron chi connectivity index (χ0n) is 13.9. The van der Waals surface area contributed by atoms with Crippen molar-refractivity contribution < 1.29 is 8.42 Å². The zero-order valence-corrected chi connectivity index (χ0v) is 14.7. The molecule has 7 nitrogen and oxygen atoms in total. The van der Waals surface area contributed by atoms with Crippen LogP contribution in [0.4, 0.5) is 5.82 Å². The fraction of sp³-hybridized carbons (Fsp3) is 0.667. The Morgan fingerprint density at radius 3 is 2.91 bits per heavy atom. The predicted molar refractivity (Wildman–Crippen MR) is 92.4 cm³/mol. The van der Waals surface area contributed by atoms with Crippen LogP contribution in [0.3, 0.4) is 0 Å². The largest absolute Gasteiger partial charge is 0.356 e. The number of nitrogens with zero attached hydrogens (tertiary/aromatic N) is 3. The van der Waals surface area contributed by atoms with E-state index < -0.39 is 10.0 Å². The van der Waals surface area contributed by atoms with Crippen molar-refractivity contribution in [2.24, 2.45) is 4.99 Å². The van der Waals surface area contributed by atoms with Crippen LogP contribution in [0.2, 0.25) is 0 Å². The minimum Gasteiger partial charge on any atom is -0.356 e. The summed E-state index contributed by atoms with van der Waals surface area (Å²) in [5.41, 5.74) is 1.11. The first-order chi connectivity index (χ1) is 10.9. The molecule has 0 aromatic carbocycles. The van der Waals surface area contributed by atoms with Crippen LogP contribution in [0.1, 0.15) is 31.7 Å². The van der Waals surface area contributed by atoms with Crippen molar-refractivity contribution in [3.8, 4) is 0 Å². The van der Waals surface area contributed by atoms with Crippen molar-refractivity contribution in [2.45, 2.75) is 38.3 Å². The first-order valence-electron chi connectivity index (χ1n) is 8.07. The number of aliphatic imine (C=N–C) groups is 1. The molecule has 2 heterocycles. The average molecular weight is 339 g/mol. The van der Waals surface area contributed by atoms with E-state index in [-0.39, 0.29) is 11.8 Å². The van der Waals surface area contributed by atoms with Crippen LogP contribution in [0, 0.1) is 0 Å². The van der Waals surface area contributed by atoms with E-state index in [0.29, 0.717) is 19.1 Å². The molecular formula is C15H25N5O2S. The van der Waals surface area contributed by atoms with Crippen LogP contribution in [0.25, 0.3) is 0 Å². The highest BCUT2D eigenvalue weighted by Gasteiger charge is 2.37. The standard InChI is InChI=1S/C15H25N5O2S/c1-4-7-23(21,22)18-11-8-12(9-11)20(3)15-13-5-6-16-14(13)19(2)10-17-15/h5-6,11-12,16,18H,4,7-10H2,1-3H3. The number of anilines is 1. The van der Waals surface area contributed by atoms with Gasteiger partial charge in [-0.25, -0.2) is 18.1 Å². The minimum absolute atomic E-state index is 0.0524. The van der Waals surface area contributed by atoms with Crippen LogP contribution >= 0.6 is 0 Å². The van der Waals surface area contributed by atoms with Crippen LogP contribution < -0.4 is 9.62 Å². The fourth-order valence-electron chi connectivity index (χ4n) is 3.24. The topological polar surface area (TPSA) is 80.8 Å². The molecule has 0 radical (unpaired) electrons. The molecule has 0 amide bonds. The molecule has 0 spiro atoms. The van der Waals surface area contributed by atoms with Gasteiger partial charge in [0.25, 0.3) is 0 Å². The fourth-order valence-corrected chi connectivity index (χ4v) is 4.60. The third-order valence-electron chi connectivity index (χ3n) is 4.59. The second-order valence-electron chi connectivity index (χ2n) is 6.43. The molecule has 128 valence electrons. The molecule has 0 saturated heterocycles. The van der Waals surface area contributed by atoms with E-state index in [1.165, 1.54) is 0 Å². The van der Waals surface area contributed by atoms with Gasteiger partial charge in [0.2, 0.25) is 10.0 Å². The van der Waals surface area contributed by atoms with Gasteiger partial charge in [0, 0.05) is 32.4 Å². The summed E-state index contributed by atoms with van der Waals surface area (Å²) in [7, 11) is 0.932. The van der Waals surface area contributed by atoms with E-state index in [2.05, 4.69) is 24.5 Å². The molecule has 23 heavy (non-hydrogen) atoms. The Labute approximate surface area is 137 Å².